The van der Waals surface area contributed by atoms with Crippen LogP contribution in [0.4, 0.5) is 0 Å². The SMILES string of the molecule is CCc1noc(Cn2cnc(CN)c(C)c2=O)n1.OC1SC1c1ccc(Cl)cc1. The molecule has 2 aromatic heterocycles. The summed E-state index contributed by atoms with van der Waals surface area (Å²) >= 11 is 7.27. The van der Waals surface area contributed by atoms with Crippen LogP contribution in [0.25, 0.3) is 0 Å². The summed E-state index contributed by atoms with van der Waals surface area (Å²) in [5, 5.41) is 13.9. The smallest absolute Gasteiger partial charge is 0.256 e. The Morgan fingerprint density at radius 1 is 1.34 bits per heavy atom. The zero-order chi connectivity index (χ0) is 21.0. The molecule has 154 valence electrons. The molecule has 0 saturated carbocycles. The lowest BCUT2D eigenvalue weighted by atomic mass is 10.2. The molecule has 3 N–H and O–H groups in total. The number of halogens is 1. The quantitative estimate of drug-likeness (QED) is 0.586. The van der Waals surface area contributed by atoms with Crippen LogP contribution < -0.4 is 11.3 Å². The largest absolute Gasteiger partial charge is 0.381 e. The molecule has 1 aromatic carbocycles. The topological polar surface area (TPSA) is 120 Å². The summed E-state index contributed by atoms with van der Waals surface area (Å²) in [6, 6.07) is 7.61. The summed E-state index contributed by atoms with van der Waals surface area (Å²) in [5.74, 6) is 1.02. The fourth-order valence-electron chi connectivity index (χ4n) is 2.59. The highest BCUT2D eigenvalue weighted by Gasteiger charge is 2.37. The van der Waals surface area contributed by atoms with E-state index in [4.69, 9.17) is 27.0 Å². The summed E-state index contributed by atoms with van der Waals surface area (Å²) in [6.45, 7) is 4.12. The van der Waals surface area contributed by atoms with Crippen molar-refractivity contribution in [2.24, 2.45) is 5.73 Å². The average molecular weight is 436 g/mol. The Morgan fingerprint density at radius 2 is 2.03 bits per heavy atom. The van der Waals surface area contributed by atoms with Crippen LogP contribution in [-0.2, 0) is 19.5 Å². The summed E-state index contributed by atoms with van der Waals surface area (Å²) in [4.78, 5) is 20.3. The molecule has 0 spiro atoms. The third-order valence-electron chi connectivity index (χ3n) is 4.36. The van der Waals surface area contributed by atoms with Gasteiger partial charge in [0.25, 0.3) is 5.56 Å². The maximum Gasteiger partial charge on any atom is 0.256 e. The lowest BCUT2D eigenvalue weighted by Crippen LogP contribution is -2.26. The van der Waals surface area contributed by atoms with Crippen LogP contribution in [0.1, 0.15) is 40.7 Å². The Balaban J connectivity index is 0.000000186. The maximum atomic E-state index is 12.0. The number of nitrogens with two attached hydrogens (primary N) is 1. The number of benzene rings is 1. The van der Waals surface area contributed by atoms with Gasteiger partial charge < -0.3 is 15.4 Å². The number of aromatic nitrogens is 4. The van der Waals surface area contributed by atoms with Crippen LogP contribution in [0.2, 0.25) is 5.02 Å². The second kappa shape index (κ2) is 9.53. The van der Waals surface area contributed by atoms with E-state index in [1.807, 2.05) is 31.2 Å². The Bertz CT molecular complexity index is 1020. The zero-order valence-electron chi connectivity index (χ0n) is 16.1. The van der Waals surface area contributed by atoms with Crippen molar-refractivity contribution in [2.75, 3.05) is 0 Å². The van der Waals surface area contributed by atoms with Gasteiger partial charge in [-0.3, -0.25) is 9.36 Å². The van der Waals surface area contributed by atoms with Crippen molar-refractivity contribution in [3.05, 3.63) is 74.5 Å². The van der Waals surface area contributed by atoms with Crippen molar-refractivity contribution in [2.45, 2.75) is 44.0 Å². The lowest BCUT2D eigenvalue weighted by Gasteiger charge is -2.05. The fraction of sp³-hybridized carbons (Fsp3) is 0.368. The Morgan fingerprint density at radius 3 is 2.59 bits per heavy atom. The number of hydrogen-bond donors (Lipinski definition) is 2. The molecular weight excluding hydrogens is 414 g/mol. The highest BCUT2D eigenvalue weighted by molar-refractivity contribution is 8.07. The van der Waals surface area contributed by atoms with Crippen LogP contribution in [0, 0.1) is 6.92 Å². The molecular formula is C19H22ClN5O3S. The van der Waals surface area contributed by atoms with E-state index in [2.05, 4.69) is 15.1 Å². The number of aryl methyl sites for hydroxylation is 1. The predicted molar refractivity (Wildman–Crippen MR) is 112 cm³/mol. The Labute approximate surface area is 177 Å². The van der Waals surface area contributed by atoms with E-state index in [1.165, 1.54) is 10.9 Å². The van der Waals surface area contributed by atoms with Gasteiger partial charge in [0.15, 0.2) is 5.82 Å². The predicted octanol–water partition coefficient (Wildman–Crippen LogP) is 2.45. The molecule has 8 nitrogen and oxygen atoms in total. The van der Waals surface area contributed by atoms with E-state index >= 15 is 0 Å². The van der Waals surface area contributed by atoms with Gasteiger partial charge >= 0.3 is 0 Å². The molecule has 0 radical (unpaired) electrons. The third-order valence-corrected chi connectivity index (χ3v) is 5.67. The first-order chi connectivity index (χ1) is 13.9. The molecule has 0 aliphatic carbocycles. The van der Waals surface area contributed by atoms with Crippen molar-refractivity contribution in [1.82, 2.24) is 19.7 Å². The third kappa shape index (κ3) is 5.45. The fourth-order valence-corrected chi connectivity index (χ4v) is 3.40. The lowest BCUT2D eigenvalue weighted by molar-refractivity contribution is 0.293. The van der Waals surface area contributed by atoms with Crippen molar-refractivity contribution < 1.29 is 9.63 Å². The van der Waals surface area contributed by atoms with Gasteiger partial charge in [0.2, 0.25) is 5.89 Å². The molecule has 29 heavy (non-hydrogen) atoms. The van der Waals surface area contributed by atoms with Gasteiger partial charge in [-0.25, -0.2) is 4.98 Å². The van der Waals surface area contributed by atoms with Crippen LogP contribution in [0.3, 0.4) is 0 Å². The van der Waals surface area contributed by atoms with E-state index in [9.17, 15) is 4.79 Å². The minimum atomic E-state index is -0.198. The molecule has 0 amide bonds. The number of nitrogens with zero attached hydrogens (tertiary/aromatic N) is 4. The standard InChI is InChI=1S/C11H15N5O2.C8H7ClOS/c1-3-9-14-10(18-15-9)5-16-6-13-8(4-12)7(2)11(16)17;9-6-3-1-5(2-4-6)7-8(10)11-7/h6H,3-5,12H2,1-2H3;1-4,7-8,10H. The van der Waals surface area contributed by atoms with E-state index in [-0.39, 0.29) is 29.3 Å². The van der Waals surface area contributed by atoms with Crippen LogP contribution >= 0.6 is 23.4 Å². The first-order valence-corrected chi connectivity index (χ1v) is 10.4. The van der Waals surface area contributed by atoms with E-state index in [0.717, 1.165) is 10.6 Å². The van der Waals surface area contributed by atoms with Crippen molar-refractivity contribution in [1.29, 1.82) is 0 Å². The van der Waals surface area contributed by atoms with E-state index in [0.29, 0.717) is 29.4 Å². The number of aliphatic hydroxyl groups is 1. The highest BCUT2D eigenvalue weighted by atomic mass is 35.5. The van der Waals surface area contributed by atoms with Crippen LogP contribution in [-0.4, -0.2) is 30.2 Å². The van der Waals surface area contributed by atoms with Gasteiger partial charge in [0.1, 0.15) is 12.0 Å². The maximum absolute atomic E-state index is 12.0. The molecule has 1 aliphatic heterocycles. The molecule has 2 atom stereocenters. The molecule has 2 unspecified atom stereocenters. The summed E-state index contributed by atoms with van der Waals surface area (Å²) in [6.07, 6.45) is 2.15. The molecule has 3 aromatic rings. The Hall–Kier alpha value is -2.20. The van der Waals surface area contributed by atoms with Gasteiger partial charge in [0.05, 0.1) is 17.3 Å². The molecule has 3 heterocycles. The number of hydrogen-bond acceptors (Lipinski definition) is 8. The minimum Gasteiger partial charge on any atom is -0.381 e. The molecule has 4 rings (SSSR count). The molecule has 1 fully saturated rings. The van der Waals surface area contributed by atoms with Crippen molar-refractivity contribution in [3.8, 4) is 0 Å². The first kappa shape index (κ1) is 21.5. The molecule has 0 bridgehead atoms. The summed E-state index contributed by atoms with van der Waals surface area (Å²) in [7, 11) is 0. The normalized spacial score (nSPS) is 17.6. The first-order valence-electron chi connectivity index (χ1n) is 9.08. The monoisotopic (exact) mass is 435 g/mol. The van der Waals surface area contributed by atoms with Crippen LogP contribution in [0.5, 0.6) is 0 Å². The molecule has 10 heteroatoms. The number of rotatable bonds is 5. The second-order valence-corrected chi connectivity index (χ2v) is 8.11. The van der Waals surface area contributed by atoms with Gasteiger partial charge in [-0.2, -0.15) is 4.98 Å². The summed E-state index contributed by atoms with van der Waals surface area (Å²) < 4.78 is 6.47. The summed E-state index contributed by atoms with van der Waals surface area (Å²) in [5.41, 5.74) is 7.47. The van der Waals surface area contributed by atoms with Crippen molar-refractivity contribution >= 4 is 23.4 Å². The Kier molecular flexibility index (Phi) is 7.07. The second-order valence-electron chi connectivity index (χ2n) is 6.41. The van der Waals surface area contributed by atoms with Crippen molar-refractivity contribution in [3.63, 3.8) is 0 Å². The molecule has 1 aliphatic rings. The van der Waals surface area contributed by atoms with Crippen LogP contribution in [0.15, 0.2) is 39.9 Å². The number of aliphatic hydroxyl groups excluding tert-OH is 1. The van der Waals surface area contributed by atoms with Gasteiger partial charge in [-0.05, 0) is 24.6 Å². The zero-order valence-corrected chi connectivity index (χ0v) is 17.7. The van der Waals surface area contributed by atoms with E-state index in [1.54, 1.807) is 18.7 Å². The minimum absolute atomic E-state index is 0.137. The number of thioether (sulfide) groups is 1. The van der Waals surface area contributed by atoms with E-state index < -0.39 is 0 Å². The molecule has 1 saturated heterocycles. The van der Waals surface area contributed by atoms with Gasteiger partial charge in [0, 0.05) is 23.6 Å². The van der Waals surface area contributed by atoms with Gasteiger partial charge in [-0.15, -0.1) is 11.8 Å². The van der Waals surface area contributed by atoms with Gasteiger partial charge in [-0.1, -0.05) is 35.8 Å². The average Bonchev–Trinajstić information content (AvgIpc) is 3.27. The highest BCUT2D eigenvalue weighted by Crippen LogP contribution is 2.53.